The van der Waals surface area contributed by atoms with Gasteiger partial charge in [-0.2, -0.15) is 0 Å². The lowest BCUT2D eigenvalue weighted by Crippen LogP contribution is -2.29. The van der Waals surface area contributed by atoms with Gasteiger partial charge < -0.3 is 4.52 Å². The molecule has 2 rings (SSSR count). The highest BCUT2D eigenvalue weighted by atomic mass is 35.5. The normalized spacial score (nSPS) is 13.3. The third-order valence-corrected chi connectivity index (χ3v) is 4.34. The zero-order chi connectivity index (χ0) is 14.8. The molecule has 20 heavy (non-hydrogen) atoms. The van der Waals surface area contributed by atoms with E-state index in [-0.39, 0.29) is 22.0 Å². The van der Waals surface area contributed by atoms with Crippen LogP contribution < -0.4 is 4.72 Å². The van der Waals surface area contributed by atoms with Crippen LogP contribution in [0.15, 0.2) is 35.1 Å². The van der Waals surface area contributed by atoms with Gasteiger partial charge in [-0.3, -0.25) is 0 Å². The molecule has 1 N–H and O–H groups in total. The lowest BCUT2D eigenvalue weighted by atomic mass is 10.1. The molecule has 0 amide bonds. The van der Waals surface area contributed by atoms with Crippen LogP contribution in [0.2, 0.25) is 5.02 Å². The van der Waals surface area contributed by atoms with Gasteiger partial charge in [-0.05, 0) is 19.1 Å². The lowest BCUT2D eigenvalue weighted by molar-refractivity contribution is 0.413. The largest absolute Gasteiger partial charge is 0.364 e. The Morgan fingerprint density at radius 3 is 2.80 bits per heavy atom. The van der Waals surface area contributed by atoms with Gasteiger partial charge in [0.1, 0.15) is 17.8 Å². The van der Waals surface area contributed by atoms with Crippen LogP contribution in [0.3, 0.4) is 0 Å². The van der Waals surface area contributed by atoms with Crippen molar-refractivity contribution in [2.75, 3.05) is 0 Å². The van der Waals surface area contributed by atoms with E-state index in [9.17, 15) is 12.8 Å². The molecule has 2 aromatic rings. The van der Waals surface area contributed by atoms with Crippen LogP contribution in [0.25, 0.3) is 0 Å². The van der Waals surface area contributed by atoms with Crippen LogP contribution in [0.4, 0.5) is 4.39 Å². The highest BCUT2D eigenvalue weighted by Crippen LogP contribution is 2.26. The van der Waals surface area contributed by atoms with Crippen LogP contribution in [0.5, 0.6) is 0 Å². The number of nitrogens with zero attached hydrogens (tertiary/aromatic N) is 1. The van der Waals surface area contributed by atoms with Gasteiger partial charge in [0.2, 0.25) is 10.0 Å². The first-order valence-corrected chi connectivity index (χ1v) is 7.75. The second-order valence-electron chi connectivity index (χ2n) is 4.22. The van der Waals surface area contributed by atoms with Crippen LogP contribution in [-0.2, 0) is 15.8 Å². The first-order chi connectivity index (χ1) is 9.39. The van der Waals surface area contributed by atoms with Gasteiger partial charge in [-0.25, -0.2) is 17.5 Å². The molecule has 108 valence electrons. The maximum absolute atomic E-state index is 13.7. The van der Waals surface area contributed by atoms with Crippen LogP contribution in [-0.4, -0.2) is 13.6 Å². The Morgan fingerprint density at radius 2 is 2.20 bits per heavy atom. The van der Waals surface area contributed by atoms with Gasteiger partial charge in [-0.15, -0.1) is 0 Å². The molecular formula is C12H12ClFN2O3S. The molecule has 0 aliphatic heterocycles. The summed E-state index contributed by atoms with van der Waals surface area (Å²) in [6.45, 7) is 1.52. The van der Waals surface area contributed by atoms with E-state index in [2.05, 4.69) is 14.4 Å². The summed E-state index contributed by atoms with van der Waals surface area (Å²) in [5.74, 6) is -0.908. The molecule has 8 heteroatoms. The average Bonchev–Trinajstić information content (AvgIpc) is 2.79. The summed E-state index contributed by atoms with van der Waals surface area (Å²) < 4.78 is 44.5. The number of hydrogen-bond acceptors (Lipinski definition) is 4. The average molecular weight is 319 g/mol. The van der Waals surface area contributed by atoms with E-state index in [1.807, 2.05) is 0 Å². The summed E-state index contributed by atoms with van der Waals surface area (Å²) >= 11 is 5.89. The van der Waals surface area contributed by atoms with Gasteiger partial charge in [0, 0.05) is 22.7 Å². The van der Waals surface area contributed by atoms with Crippen LogP contribution in [0, 0.1) is 5.82 Å². The summed E-state index contributed by atoms with van der Waals surface area (Å²) in [5.41, 5.74) is 0.377. The maximum Gasteiger partial charge on any atom is 0.218 e. The standard InChI is InChI=1S/C12H12ClFN2O3S/c1-8(12-10(13)3-2-4-11(12)14)16-20(17,18)7-9-5-6-19-15-9/h2-6,8,16H,7H2,1H3. The zero-order valence-electron chi connectivity index (χ0n) is 10.5. The fourth-order valence-electron chi connectivity index (χ4n) is 1.80. The van der Waals surface area contributed by atoms with Crippen LogP contribution >= 0.6 is 11.6 Å². The molecule has 0 saturated heterocycles. The van der Waals surface area contributed by atoms with Gasteiger partial charge in [0.05, 0.1) is 5.69 Å². The molecule has 1 unspecified atom stereocenters. The lowest BCUT2D eigenvalue weighted by Gasteiger charge is -2.16. The molecule has 1 aromatic carbocycles. The van der Waals surface area contributed by atoms with E-state index >= 15 is 0 Å². The van der Waals surface area contributed by atoms with Crippen molar-refractivity contribution in [1.29, 1.82) is 0 Å². The third kappa shape index (κ3) is 3.56. The number of nitrogens with one attached hydrogen (secondary N) is 1. The van der Waals surface area contributed by atoms with E-state index in [1.165, 1.54) is 37.5 Å². The van der Waals surface area contributed by atoms with Crippen molar-refractivity contribution in [2.24, 2.45) is 0 Å². The Bertz CT molecular complexity index is 668. The number of hydrogen-bond donors (Lipinski definition) is 1. The van der Waals surface area contributed by atoms with Crippen molar-refractivity contribution in [3.63, 3.8) is 0 Å². The second-order valence-corrected chi connectivity index (χ2v) is 6.39. The molecule has 0 fully saturated rings. The minimum absolute atomic E-state index is 0.109. The van der Waals surface area contributed by atoms with E-state index in [0.717, 1.165) is 0 Å². The molecule has 1 heterocycles. The first-order valence-electron chi connectivity index (χ1n) is 5.72. The molecule has 0 aliphatic rings. The molecule has 0 bridgehead atoms. The van der Waals surface area contributed by atoms with Gasteiger partial charge >= 0.3 is 0 Å². The highest BCUT2D eigenvalue weighted by Gasteiger charge is 2.21. The van der Waals surface area contributed by atoms with Crippen molar-refractivity contribution in [2.45, 2.75) is 18.7 Å². The number of rotatable bonds is 5. The maximum atomic E-state index is 13.7. The SMILES string of the molecule is CC(NS(=O)(=O)Cc1ccon1)c1c(F)cccc1Cl. The molecule has 1 atom stereocenters. The van der Waals surface area contributed by atoms with E-state index < -0.39 is 21.9 Å². The molecule has 0 radical (unpaired) electrons. The fourth-order valence-corrected chi connectivity index (χ4v) is 3.41. The molecular weight excluding hydrogens is 307 g/mol. The van der Waals surface area contributed by atoms with Gasteiger partial charge in [-0.1, -0.05) is 22.8 Å². The summed E-state index contributed by atoms with van der Waals surface area (Å²) in [6.07, 6.45) is 1.28. The molecule has 0 spiro atoms. The minimum atomic E-state index is -3.68. The van der Waals surface area contributed by atoms with Crippen molar-refractivity contribution >= 4 is 21.6 Å². The van der Waals surface area contributed by atoms with Crippen molar-refractivity contribution in [3.8, 4) is 0 Å². The predicted octanol–water partition coefficient (Wildman–Crippen LogP) is 2.65. The van der Waals surface area contributed by atoms with Gasteiger partial charge in [0.15, 0.2) is 0 Å². The topological polar surface area (TPSA) is 72.2 Å². The molecule has 0 aliphatic carbocycles. The molecule has 0 saturated carbocycles. The summed E-state index contributed by atoms with van der Waals surface area (Å²) in [6, 6.07) is 4.84. The monoisotopic (exact) mass is 318 g/mol. The quantitative estimate of drug-likeness (QED) is 0.920. The first kappa shape index (κ1) is 15.0. The second kappa shape index (κ2) is 5.90. The fraction of sp³-hybridized carbons (Fsp3) is 0.250. The molecule has 1 aromatic heterocycles. The number of sulfonamides is 1. The highest BCUT2D eigenvalue weighted by molar-refractivity contribution is 7.88. The summed E-state index contributed by atoms with van der Waals surface area (Å²) in [7, 11) is -3.68. The Kier molecular flexibility index (Phi) is 4.42. The van der Waals surface area contributed by atoms with Crippen molar-refractivity contribution in [1.82, 2.24) is 9.88 Å². The Labute approximate surface area is 120 Å². The minimum Gasteiger partial charge on any atom is -0.364 e. The predicted molar refractivity (Wildman–Crippen MR) is 72.1 cm³/mol. The van der Waals surface area contributed by atoms with Crippen molar-refractivity contribution < 1.29 is 17.3 Å². The number of benzene rings is 1. The van der Waals surface area contributed by atoms with Crippen molar-refractivity contribution in [3.05, 3.63) is 52.6 Å². The summed E-state index contributed by atoms with van der Waals surface area (Å²) in [5, 5.41) is 3.69. The molecule has 5 nitrogen and oxygen atoms in total. The zero-order valence-corrected chi connectivity index (χ0v) is 12.1. The Balaban J connectivity index is 2.17. The number of aromatic nitrogens is 1. The number of halogens is 2. The van der Waals surface area contributed by atoms with E-state index in [4.69, 9.17) is 11.6 Å². The Morgan fingerprint density at radius 1 is 1.45 bits per heavy atom. The third-order valence-electron chi connectivity index (χ3n) is 2.62. The smallest absolute Gasteiger partial charge is 0.218 e. The van der Waals surface area contributed by atoms with E-state index in [1.54, 1.807) is 0 Å². The Hall–Kier alpha value is -1.44. The summed E-state index contributed by atoms with van der Waals surface area (Å²) in [4.78, 5) is 0. The van der Waals surface area contributed by atoms with Gasteiger partial charge in [0.25, 0.3) is 0 Å². The van der Waals surface area contributed by atoms with Crippen LogP contribution in [0.1, 0.15) is 24.2 Å². The van der Waals surface area contributed by atoms with E-state index in [0.29, 0.717) is 0 Å².